The van der Waals surface area contributed by atoms with Crippen LogP contribution in [0, 0.1) is 5.92 Å². The maximum absolute atomic E-state index is 13.4. The van der Waals surface area contributed by atoms with Crippen LogP contribution in [-0.4, -0.2) is 76.5 Å². The van der Waals surface area contributed by atoms with Crippen LogP contribution in [0.4, 0.5) is 0 Å². The highest BCUT2D eigenvalue weighted by Gasteiger charge is 2.44. The van der Waals surface area contributed by atoms with Gasteiger partial charge in [0.05, 0.1) is 12.5 Å². The highest BCUT2D eigenvalue weighted by atomic mass is 16.2. The smallest absolute Gasteiger partial charge is 0.246 e. The number of fused-ring (bicyclic) bond motifs is 2. The Hall–Kier alpha value is -3.23. The van der Waals surface area contributed by atoms with Gasteiger partial charge in [-0.15, -0.1) is 0 Å². The van der Waals surface area contributed by atoms with Crippen molar-refractivity contribution >= 4 is 29.4 Å². The van der Waals surface area contributed by atoms with Crippen LogP contribution in [0.5, 0.6) is 0 Å². The van der Waals surface area contributed by atoms with E-state index in [0.29, 0.717) is 38.8 Å². The molecule has 35 heavy (non-hydrogen) atoms. The van der Waals surface area contributed by atoms with Crippen LogP contribution in [0.25, 0.3) is 0 Å². The van der Waals surface area contributed by atoms with Crippen molar-refractivity contribution in [1.82, 2.24) is 20.4 Å². The highest BCUT2D eigenvalue weighted by molar-refractivity contribution is 5.99. The summed E-state index contributed by atoms with van der Waals surface area (Å²) in [7, 11) is 0. The molecule has 2 N–H and O–H groups in total. The molecule has 1 aromatic carbocycles. The second-order valence-electron chi connectivity index (χ2n) is 10.1. The summed E-state index contributed by atoms with van der Waals surface area (Å²) in [6, 6.07) is 5.91. The number of rotatable bonds is 4. The minimum atomic E-state index is -1.05. The predicted octanol–water partition coefficient (Wildman–Crippen LogP) is 0.810. The Kier molecular flexibility index (Phi) is 7.52. The van der Waals surface area contributed by atoms with Crippen molar-refractivity contribution in [2.45, 2.75) is 76.5 Å². The molecule has 3 saturated heterocycles. The first-order valence-electron chi connectivity index (χ1n) is 12.5. The topological polar surface area (TPSA) is 116 Å². The number of carbonyl (C=O) groups excluding carboxylic acids is 5. The molecule has 3 aliphatic heterocycles. The lowest BCUT2D eigenvalue weighted by Gasteiger charge is -2.31. The van der Waals surface area contributed by atoms with Gasteiger partial charge < -0.3 is 20.4 Å². The molecule has 4 amide bonds. The first-order valence-corrected chi connectivity index (χ1v) is 12.5. The normalized spacial score (nSPS) is 28.0. The summed E-state index contributed by atoms with van der Waals surface area (Å²) in [5.41, 5.74) is 0.783. The van der Waals surface area contributed by atoms with E-state index in [-0.39, 0.29) is 42.3 Å². The molecule has 0 saturated carbocycles. The molecule has 3 aliphatic rings. The maximum atomic E-state index is 13.4. The molecular formula is C26H34N4O5. The molecule has 188 valence electrons. The third-order valence-electron chi connectivity index (χ3n) is 7.25. The summed E-state index contributed by atoms with van der Waals surface area (Å²) in [6.07, 6.45) is 2.26. The molecule has 0 radical (unpaired) electrons. The van der Waals surface area contributed by atoms with Crippen molar-refractivity contribution in [2.75, 3.05) is 13.1 Å². The van der Waals surface area contributed by atoms with E-state index in [0.717, 1.165) is 5.56 Å². The van der Waals surface area contributed by atoms with Gasteiger partial charge in [-0.05, 0) is 37.2 Å². The summed E-state index contributed by atoms with van der Waals surface area (Å²) < 4.78 is 0. The highest BCUT2D eigenvalue weighted by Crippen LogP contribution is 2.26. The van der Waals surface area contributed by atoms with Gasteiger partial charge in [0.2, 0.25) is 23.6 Å². The van der Waals surface area contributed by atoms with E-state index < -0.39 is 30.1 Å². The molecule has 9 nitrogen and oxygen atoms in total. The molecule has 0 unspecified atom stereocenters. The van der Waals surface area contributed by atoms with Gasteiger partial charge >= 0.3 is 0 Å². The summed E-state index contributed by atoms with van der Waals surface area (Å²) in [5.74, 6) is -1.96. The lowest BCUT2D eigenvalue weighted by molar-refractivity contribution is -0.147. The average molecular weight is 483 g/mol. The Morgan fingerprint density at radius 1 is 0.914 bits per heavy atom. The lowest BCUT2D eigenvalue weighted by Crippen LogP contribution is -2.57. The third kappa shape index (κ3) is 5.39. The fourth-order valence-electron chi connectivity index (χ4n) is 5.32. The van der Waals surface area contributed by atoms with Gasteiger partial charge in [-0.2, -0.15) is 0 Å². The largest absolute Gasteiger partial charge is 0.344 e. The second-order valence-corrected chi connectivity index (χ2v) is 10.1. The average Bonchev–Trinajstić information content (AvgIpc) is 3.51. The van der Waals surface area contributed by atoms with Crippen molar-refractivity contribution in [1.29, 1.82) is 0 Å². The fraction of sp³-hybridized carbons (Fsp3) is 0.577. The lowest BCUT2D eigenvalue weighted by atomic mass is 9.98. The number of Topliss-reactive ketones (excluding diaryl/α,β-unsaturated/α-hetero) is 1. The van der Waals surface area contributed by atoms with Crippen LogP contribution in [0.3, 0.4) is 0 Å². The van der Waals surface area contributed by atoms with Crippen LogP contribution in [0.15, 0.2) is 30.3 Å². The van der Waals surface area contributed by atoms with Crippen molar-refractivity contribution in [3.8, 4) is 0 Å². The Balaban J connectivity index is 1.65. The summed E-state index contributed by atoms with van der Waals surface area (Å²) in [4.78, 5) is 69.6. The number of benzene rings is 1. The number of hydrogen-bond acceptors (Lipinski definition) is 5. The summed E-state index contributed by atoms with van der Waals surface area (Å²) in [6.45, 7) is 4.48. The van der Waals surface area contributed by atoms with E-state index in [4.69, 9.17) is 0 Å². The Bertz CT molecular complexity index is 985. The SMILES string of the molecule is CC(C)[C@@H]1NC(=O)[C@H]2CCCN2C(=O)[C@@H]2CCCN2C(=O)C[C@H](C(=O)Cc2ccccc2)NC1=O. The zero-order valence-electron chi connectivity index (χ0n) is 20.4. The predicted molar refractivity (Wildman–Crippen MR) is 128 cm³/mol. The van der Waals surface area contributed by atoms with Crippen LogP contribution >= 0.6 is 0 Å². The van der Waals surface area contributed by atoms with Gasteiger partial charge in [-0.3, -0.25) is 24.0 Å². The molecular weight excluding hydrogens is 448 g/mol. The molecule has 0 spiro atoms. The first kappa shape index (κ1) is 24.9. The van der Waals surface area contributed by atoms with Crippen molar-refractivity contribution in [3.63, 3.8) is 0 Å². The van der Waals surface area contributed by atoms with E-state index in [9.17, 15) is 24.0 Å². The van der Waals surface area contributed by atoms with Crippen LogP contribution in [0.2, 0.25) is 0 Å². The zero-order valence-corrected chi connectivity index (χ0v) is 20.4. The third-order valence-corrected chi connectivity index (χ3v) is 7.25. The summed E-state index contributed by atoms with van der Waals surface area (Å²) in [5, 5.41) is 5.58. The Morgan fingerprint density at radius 2 is 1.57 bits per heavy atom. The number of carbonyl (C=O) groups is 5. The Morgan fingerprint density at radius 3 is 2.26 bits per heavy atom. The maximum Gasteiger partial charge on any atom is 0.246 e. The standard InChI is InChI=1S/C26H34N4O5/c1-16(2)23-25(34)27-18(21(31)14-17-8-4-3-5-9-17)15-22(32)29-12-7-11-20(29)26(35)30-13-6-10-19(30)24(33)28-23/h3-5,8-9,16,18-20,23H,6-7,10-15H2,1-2H3,(H,27,34)(H,28,33)/t18-,19-,20+,23+/m1/s1. The van der Waals surface area contributed by atoms with Crippen molar-refractivity contribution in [3.05, 3.63) is 35.9 Å². The van der Waals surface area contributed by atoms with E-state index >= 15 is 0 Å². The van der Waals surface area contributed by atoms with E-state index in [1.54, 1.807) is 4.90 Å². The van der Waals surface area contributed by atoms with Crippen LogP contribution < -0.4 is 10.6 Å². The number of nitrogens with zero attached hydrogens (tertiary/aromatic N) is 2. The van der Waals surface area contributed by atoms with Gasteiger partial charge in [-0.25, -0.2) is 0 Å². The van der Waals surface area contributed by atoms with Gasteiger partial charge in [0.15, 0.2) is 5.78 Å². The molecule has 4 rings (SSSR count). The molecule has 4 atom stereocenters. The molecule has 1 aromatic rings. The van der Waals surface area contributed by atoms with E-state index in [1.807, 2.05) is 44.2 Å². The van der Waals surface area contributed by atoms with Gasteiger partial charge in [-0.1, -0.05) is 44.2 Å². The fourth-order valence-corrected chi connectivity index (χ4v) is 5.32. The molecule has 0 aromatic heterocycles. The van der Waals surface area contributed by atoms with Crippen LogP contribution in [0.1, 0.15) is 51.5 Å². The van der Waals surface area contributed by atoms with Gasteiger partial charge in [0, 0.05) is 19.5 Å². The minimum Gasteiger partial charge on any atom is -0.344 e. The van der Waals surface area contributed by atoms with Crippen molar-refractivity contribution < 1.29 is 24.0 Å². The molecule has 0 bridgehead atoms. The number of nitrogens with one attached hydrogen (secondary N) is 2. The van der Waals surface area contributed by atoms with Crippen LogP contribution in [-0.2, 0) is 30.4 Å². The van der Waals surface area contributed by atoms with E-state index in [2.05, 4.69) is 10.6 Å². The van der Waals surface area contributed by atoms with Gasteiger partial charge in [0.25, 0.3) is 0 Å². The quantitative estimate of drug-likeness (QED) is 0.659. The van der Waals surface area contributed by atoms with Crippen molar-refractivity contribution in [2.24, 2.45) is 5.92 Å². The summed E-state index contributed by atoms with van der Waals surface area (Å²) >= 11 is 0. The van der Waals surface area contributed by atoms with E-state index in [1.165, 1.54) is 4.90 Å². The first-order chi connectivity index (χ1) is 16.8. The molecule has 3 heterocycles. The number of hydrogen-bond donors (Lipinski definition) is 2. The van der Waals surface area contributed by atoms with Gasteiger partial charge in [0.1, 0.15) is 18.1 Å². The zero-order chi connectivity index (χ0) is 25.1. The number of amides is 4. The molecule has 3 fully saturated rings. The number of ketones is 1. The second kappa shape index (κ2) is 10.6. The molecule has 9 heteroatoms. The minimum absolute atomic E-state index is 0.0655. The Labute approximate surface area is 205 Å². The monoisotopic (exact) mass is 482 g/mol. The molecule has 0 aliphatic carbocycles.